The van der Waals surface area contributed by atoms with Crippen molar-refractivity contribution in [3.05, 3.63) is 188 Å². The van der Waals surface area contributed by atoms with E-state index in [1.54, 1.807) is 11.3 Å². The maximum atomic E-state index is 6.90. The summed E-state index contributed by atoms with van der Waals surface area (Å²) in [5.74, 6) is 1.80. The Morgan fingerprint density at radius 3 is 1.34 bits per heavy atom. The molecule has 0 saturated carbocycles. The highest BCUT2D eigenvalue weighted by Gasteiger charge is 2.21. The van der Waals surface area contributed by atoms with Crippen LogP contribution in [0.4, 0.5) is 0 Å². The Kier molecular flexibility index (Phi) is 7.64. The lowest BCUT2D eigenvalue weighted by Gasteiger charge is -2.09. The van der Waals surface area contributed by atoms with Crippen LogP contribution in [0.1, 0.15) is 0 Å². The van der Waals surface area contributed by atoms with Crippen molar-refractivity contribution in [2.75, 3.05) is 0 Å². The van der Waals surface area contributed by atoms with Crippen LogP contribution in [0.5, 0.6) is 0 Å². The minimum Gasteiger partial charge on any atom is -0.455 e. The summed E-state index contributed by atoms with van der Waals surface area (Å²) in [4.78, 5) is 15.6. The molecule has 0 aliphatic heterocycles. The standard InChI is InChI=1S/C51H31N3OS/c1-4-14-32(15-5-1)33-28-30-35(31-29-33)37-20-10-22-39-40-23-12-26-43(46(40)55-45(37)39)50-52-49(36-18-8-3-9-19-36)53-51(54-50)44-27-13-25-42-41-24-11-21-38(47(41)56-48(42)44)34-16-6-2-7-17-34/h1-31H. The molecule has 0 unspecified atom stereocenters. The molecule has 11 aromatic rings. The molecule has 56 heavy (non-hydrogen) atoms. The fourth-order valence-electron chi connectivity index (χ4n) is 7.87. The van der Waals surface area contributed by atoms with Crippen LogP contribution >= 0.6 is 11.3 Å². The third-order valence-corrected chi connectivity index (χ3v) is 11.9. The van der Waals surface area contributed by atoms with Gasteiger partial charge < -0.3 is 4.42 Å². The van der Waals surface area contributed by atoms with Crippen molar-refractivity contribution in [1.82, 2.24) is 15.0 Å². The van der Waals surface area contributed by atoms with E-state index in [0.29, 0.717) is 17.5 Å². The Labute approximate surface area is 327 Å². The van der Waals surface area contributed by atoms with Gasteiger partial charge in [0.1, 0.15) is 11.2 Å². The van der Waals surface area contributed by atoms with Crippen LogP contribution in [0.3, 0.4) is 0 Å². The molecule has 262 valence electrons. The van der Waals surface area contributed by atoms with Crippen LogP contribution in [-0.2, 0) is 0 Å². The first kappa shape index (κ1) is 32.2. The van der Waals surface area contributed by atoms with Crippen LogP contribution in [0.15, 0.2) is 192 Å². The molecule has 0 atom stereocenters. The molecule has 3 aromatic heterocycles. The first-order valence-electron chi connectivity index (χ1n) is 18.7. The van der Waals surface area contributed by atoms with Gasteiger partial charge in [0.05, 0.1) is 5.56 Å². The van der Waals surface area contributed by atoms with Crippen molar-refractivity contribution >= 4 is 53.4 Å². The molecular weight excluding hydrogens is 703 g/mol. The van der Waals surface area contributed by atoms with Crippen molar-refractivity contribution < 1.29 is 4.42 Å². The first-order chi connectivity index (χ1) is 27.8. The number of furan rings is 1. The Morgan fingerprint density at radius 2 is 0.696 bits per heavy atom. The Morgan fingerprint density at radius 1 is 0.286 bits per heavy atom. The summed E-state index contributed by atoms with van der Waals surface area (Å²) in [6.45, 7) is 0. The zero-order chi connectivity index (χ0) is 37.0. The predicted octanol–water partition coefficient (Wildman–Crippen LogP) is 14.1. The predicted molar refractivity (Wildman–Crippen MR) is 233 cm³/mol. The number of hydrogen-bond acceptors (Lipinski definition) is 5. The quantitative estimate of drug-likeness (QED) is 0.171. The third kappa shape index (κ3) is 5.40. The van der Waals surface area contributed by atoms with Crippen LogP contribution < -0.4 is 0 Å². The summed E-state index contributed by atoms with van der Waals surface area (Å²) < 4.78 is 9.29. The number of fused-ring (bicyclic) bond motifs is 6. The van der Waals surface area contributed by atoms with Crippen LogP contribution in [0.25, 0.3) is 110 Å². The van der Waals surface area contributed by atoms with Gasteiger partial charge in [-0.1, -0.05) is 176 Å². The number of nitrogens with zero attached hydrogens (tertiary/aromatic N) is 3. The lowest BCUT2D eigenvalue weighted by Crippen LogP contribution is -2.00. The number of thiophene rings is 1. The second-order valence-electron chi connectivity index (χ2n) is 13.9. The van der Waals surface area contributed by atoms with Gasteiger partial charge >= 0.3 is 0 Å². The molecule has 0 spiro atoms. The lowest BCUT2D eigenvalue weighted by molar-refractivity contribution is 0.670. The van der Waals surface area contributed by atoms with Crippen molar-refractivity contribution in [1.29, 1.82) is 0 Å². The smallest absolute Gasteiger partial charge is 0.167 e. The lowest BCUT2D eigenvalue weighted by atomic mass is 9.99. The fourth-order valence-corrected chi connectivity index (χ4v) is 9.22. The summed E-state index contributed by atoms with van der Waals surface area (Å²) in [6, 6.07) is 65.5. The van der Waals surface area contributed by atoms with Crippen LogP contribution in [0, 0.1) is 0 Å². The zero-order valence-corrected chi connectivity index (χ0v) is 30.9. The topological polar surface area (TPSA) is 51.8 Å². The van der Waals surface area contributed by atoms with E-state index in [-0.39, 0.29) is 0 Å². The highest BCUT2D eigenvalue weighted by atomic mass is 32.1. The maximum absolute atomic E-state index is 6.90. The number of para-hydroxylation sites is 2. The highest BCUT2D eigenvalue weighted by molar-refractivity contribution is 7.26. The van der Waals surface area contributed by atoms with Gasteiger partial charge in [-0.2, -0.15) is 0 Å². The van der Waals surface area contributed by atoms with Gasteiger partial charge in [-0.05, 0) is 39.9 Å². The van der Waals surface area contributed by atoms with E-state index in [1.807, 2.05) is 36.4 Å². The van der Waals surface area contributed by atoms with E-state index in [9.17, 15) is 0 Å². The van der Waals surface area contributed by atoms with Gasteiger partial charge in [-0.25, -0.2) is 15.0 Å². The molecule has 3 heterocycles. The van der Waals surface area contributed by atoms with E-state index in [4.69, 9.17) is 19.4 Å². The van der Waals surface area contributed by atoms with Crippen molar-refractivity contribution in [3.8, 4) is 67.5 Å². The molecule has 0 N–H and O–H groups in total. The van der Waals surface area contributed by atoms with E-state index in [2.05, 4.69) is 152 Å². The highest BCUT2D eigenvalue weighted by Crippen LogP contribution is 2.44. The number of hydrogen-bond donors (Lipinski definition) is 0. The summed E-state index contributed by atoms with van der Waals surface area (Å²) in [5.41, 5.74) is 11.2. The zero-order valence-electron chi connectivity index (χ0n) is 30.1. The largest absolute Gasteiger partial charge is 0.455 e. The summed E-state index contributed by atoms with van der Waals surface area (Å²) in [5, 5.41) is 4.48. The molecule has 4 nitrogen and oxygen atoms in total. The third-order valence-electron chi connectivity index (χ3n) is 10.6. The molecule has 0 aliphatic rings. The average Bonchev–Trinajstić information content (AvgIpc) is 3.86. The number of rotatable bonds is 6. The molecule has 5 heteroatoms. The Hall–Kier alpha value is -7.21. The number of aromatic nitrogens is 3. The normalized spacial score (nSPS) is 11.6. The van der Waals surface area contributed by atoms with E-state index in [0.717, 1.165) is 54.5 Å². The average molecular weight is 734 g/mol. The van der Waals surface area contributed by atoms with E-state index >= 15 is 0 Å². The molecule has 8 aromatic carbocycles. The summed E-state index contributed by atoms with van der Waals surface area (Å²) in [7, 11) is 0. The minimum atomic E-state index is 0.565. The summed E-state index contributed by atoms with van der Waals surface area (Å²) in [6.07, 6.45) is 0. The van der Waals surface area contributed by atoms with Gasteiger partial charge in [0.15, 0.2) is 17.5 Å². The molecule has 11 rings (SSSR count). The molecule has 0 saturated heterocycles. The van der Waals surface area contributed by atoms with Gasteiger partial charge in [0.2, 0.25) is 0 Å². The fraction of sp³-hybridized carbons (Fsp3) is 0. The van der Waals surface area contributed by atoms with Crippen molar-refractivity contribution in [2.45, 2.75) is 0 Å². The van der Waals surface area contributed by atoms with Crippen molar-refractivity contribution in [2.24, 2.45) is 0 Å². The van der Waals surface area contributed by atoms with E-state index < -0.39 is 0 Å². The molecule has 0 aliphatic carbocycles. The monoisotopic (exact) mass is 733 g/mol. The Bertz CT molecular complexity index is 3230. The second-order valence-corrected chi connectivity index (χ2v) is 14.9. The molecule has 0 amide bonds. The molecular formula is C51H31N3OS. The van der Waals surface area contributed by atoms with Gasteiger partial charge in [-0.3, -0.25) is 0 Å². The first-order valence-corrected chi connectivity index (χ1v) is 19.5. The summed E-state index contributed by atoms with van der Waals surface area (Å²) >= 11 is 1.79. The van der Waals surface area contributed by atoms with E-state index in [1.165, 1.54) is 37.7 Å². The Balaban J connectivity index is 1.09. The molecule has 0 fully saturated rings. The second kappa shape index (κ2) is 13.3. The van der Waals surface area contributed by atoms with Gasteiger partial charge in [0.25, 0.3) is 0 Å². The SMILES string of the molecule is c1ccc(-c2ccc(-c3cccc4c3oc3c(-c5nc(-c6ccccc6)nc(-c6cccc7c6sc6c(-c8ccccc8)cccc67)n5)cccc34)cc2)cc1. The molecule has 0 bridgehead atoms. The van der Waals surface area contributed by atoms with Gasteiger partial charge in [-0.15, -0.1) is 11.3 Å². The van der Waals surface area contributed by atoms with Crippen LogP contribution in [-0.4, -0.2) is 15.0 Å². The molecule has 0 radical (unpaired) electrons. The van der Waals surface area contributed by atoms with Gasteiger partial charge in [0, 0.05) is 47.6 Å². The van der Waals surface area contributed by atoms with Crippen LogP contribution in [0.2, 0.25) is 0 Å². The van der Waals surface area contributed by atoms with Crippen molar-refractivity contribution in [3.63, 3.8) is 0 Å². The maximum Gasteiger partial charge on any atom is 0.167 e. The number of benzene rings is 8. The minimum absolute atomic E-state index is 0.565.